The van der Waals surface area contributed by atoms with E-state index in [1.165, 1.54) is 18.2 Å². The van der Waals surface area contributed by atoms with E-state index < -0.39 is 23.9 Å². The van der Waals surface area contributed by atoms with Gasteiger partial charge in [-0.1, -0.05) is 23.2 Å². The number of carboxylic acid groups (broad SMARTS) is 1. The molecule has 0 aliphatic rings. The highest BCUT2D eigenvalue weighted by Crippen LogP contribution is 2.24. The first-order valence-corrected chi connectivity index (χ1v) is 6.59. The Morgan fingerprint density at radius 2 is 1.90 bits per heavy atom. The topological polar surface area (TPSA) is 122 Å². The number of hydrogen-bond acceptors (Lipinski definition) is 3. The molecule has 114 valence electrons. The number of rotatable bonds is 6. The molecule has 0 fully saturated rings. The third kappa shape index (κ3) is 5.88. The molecule has 21 heavy (non-hydrogen) atoms. The second-order valence-corrected chi connectivity index (χ2v) is 4.94. The molecule has 0 spiro atoms. The zero-order valence-corrected chi connectivity index (χ0v) is 12.2. The molecule has 1 aromatic carbocycles. The van der Waals surface area contributed by atoms with Gasteiger partial charge in [0.15, 0.2) is 0 Å². The number of benzene rings is 1. The van der Waals surface area contributed by atoms with E-state index >= 15 is 0 Å². The first-order valence-electron chi connectivity index (χ1n) is 5.83. The van der Waals surface area contributed by atoms with Crippen LogP contribution < -0.4 is 16.4 Å². The predicted molar refractivity (Wildman–Crippen MR) is 78.5 cm³/mol. The summed E-state index contributed by atoms with van der Waals surface area (Å²) in [5, 5.41) is 14.2. The lowest BCUT2D eigenvalue weighted by Crippen LogP contribution is -2.43. The van der Waals surface area contributed by atoms with Crippen molar-refractivity contribution in [3.8, 4) is 0 Å². The first kappa shape index (κ1) is 17.1. The minimum Gasteiger partial charge on any atom is -0.480 e. The average Bonchev–Trinajstić information content (AvgIpc) is 2.38. The van der Waals surface area contributed by atoms with E-state index in [2.05, 4.69) is 10.6 Å². The van der Waals surface area contributed by atoms with Crippen LogP contribution in [0.2, 0.25) is 10.0 Å². The van der Waals surface area contributed by atoms with Crippen LogP contribution in [-0.2, 0) is 9.59 Å². The lowest BCUT2D eigenvalue weighted by atomic mass is 10.1. The Labute approximate surface area is 130 Å². The fraction of sp³-hybridized carbons (Fsp3) is 0.250. The summed E-state index contributed by atoms with van der Waals surface area (Å²) in [6.07, 6.45) is -0.247. The number of nitrogens with one attached hydrogen (secondary N) is 2. The molecule has 0 unspecified atom stereocenters. The highest BCUT2D eigenvalue weighted by molar-refractivity contribution is 6.42. The SMILES string of the molecule is NC(=O)CC[C@@H](NC(=O)Nc1ccc(Cl)c(Cl)c1)C(=O)O. The third-order valence-electron chi connectivity index (χ3n) is 2.46. The maximum absolute atomic E-state index is 11.7. The molecule has 0 aromatic heterocycles. The van der Waals surface area contributed by atoms with E-state index in [1.807, 2.05) is 0 Å². The maximum atomic E-state index is 11.7. The molecule has 0 radical (unpaired) electrons. The molecule has 0 heterocycles. The lowest BCUT2D eigenvalue weighted by molar-refractivity contribution is -0.139. The molecular weight excluding hydrogens is 321 g/mol. The van der Waals surface area contributed by atoms with Crippen molar-refractivity contribution in [3.05, 3.63) is 28.2 Å². The monoisotopic (exact) mass is 333 g/mol. The number of primary amides is 1. The summed E-state index contributed by atoms with van der Waals surface area (Å²) in [6, 6.07) is 2.45. The van der Waals surface area contributed by atoms with E-state index in [4.69, 9.17) is 34.0 Å². The van der Waals surface area contributed by atoms with E-state index in [9.17, 15) is 14.4 Å². The van der Waals surface area contributed by atoms with Crippen molar-refractivity contribution >= 4 is 46.8 Å². The summed E-state index contributed by atoms with van der Waals surface area (Å²) in [5.74, 6) is -1.91. The fourth-order valence-corrected chi connectivity index (χ4v) is 1.74. The molecular formula is C12H13Cl2N3O4. The van der Waals surface area contributed by atoms with Crippen LogP contribution in [0.25, 0.3) is 0 Å². The number of urea groups is 1. The quantitative estimate of drug-likeness (QED) is 0.634. The van der Waals surface area contributed by atoms with Crippen molar-refractivity contribution in [2.24, 2.45) is 5.73 Å². The van der Waals surface area contributed by atoms with Gasteiger partial charge >= 0.3 is 12.0 Å². The molecule has 1 atom stereocenters. The number of carbonyl (C=O) groups is 3. The van der Waals surface area contributed by atoms with Gasteiger partial charge in [0.25, 0.3) is 0 Å². The van der Waals surface area contributed by atoms with Crippen LogP contribution in [0.3, 0.4) is 0 Å². The molecule has 0 saturated carbocycles. The van der Waals surface area contributed by atoms with Gasteiger partial charge in [-0.3, -0.25) is 4.79 Å². The molecule has 5 N–H and O–H groups in total. The minimum atomic E-state index is -1.26. The Hall–Kier alpha value is -1.99. The highest BCUT2D eigenvalue weighted by Gasteiger charge is 2.20. The second-order valence-electron chi connectivity index (χ2n) is 4.12. The second kappa shape index (κ2) is 7.70. The Morgan fingerprint density at radius 1 is 1.24 bits per heavy atom. The third-order valence-corrected chi connectivity index (χ3v) is 3.20. The van der Waals surface area contributed by atoms with Gasteiger partial charge in [0.1, 0.15) is 6.04 Å². The van der Waals surface area contributed by atoms with Gasteiger partial charge in [-0.05, 0) is 24.6 Å². The summed E-state index contributed by atoms with van der Waals surface area (Å²) in [6.45, 7) is 0. The number of carboxylic acids is 1. The van der Waals surface area contributed by atoms with Crippen molar-refractivity contribution in [2.45, 2.75) is 18.9 Å². The minimum absolute atomic E-state index is 0.0978. The number of hydrogen-bond donors (Lipinski definition) is 4. The van der Waals surface area contributed by atoms with Crippen LogP contribution >= 0.6 is 23.2 Å². The summed E-state index contributed by atoms with van der Waals surface area (Å²) in [7, 11) is 0. The van der Waals surface area contributed by atoms with Crippen LogP contribution in [0.4, 0.5) is 10.5 Å². The zero-order valence-electron chi connectivity index (χ0n) is 10.7. The first-order chi connectivity index (χ1) is 9.79. The molecule has 0 bridgehead atoms. The van der Waals surface area contributed by atoms with Gasteiger partial charge < -0.3 is 21.5 Å². The maximum Gasteiger partial charge on any atom is 0.326 e. The van der Waals surface area contributed by atoms with Crippen LogP contribution in [0.15, 0.2) is 18.2 Å². The lowest BCUT2D eigenvalue weighted by Gasteiger charge is -2.14. The molecule has 3 amide bonds. The molecule has 7 nitrogen and oxygen atoms in total. The molecule has 9 heteroatoms. The fourth-order valence-electron chi connectivity index (χ4n) is 1.44. The Kier molecular flexibility index (Phi) is 6.26. The van der Waals surface area contributed by atoms with E-state index in [1.54, 1.807) is 0 Å². The number of halogens is 2. The molecule has 1 rings (SSSR count). The Morgan fingerprint density at radius 3 is 2.43 bits per heavy atom. The van der Waals surface area contributed by atoms with Gasteiger partial charge in [0, 0.05) is 12.1 Å². The summed E-state index contributed by atoms with van der Waals surface area (Å²) >= 11 is 11.5. The Balaban J connectivity index is 2.62. The van der Waals surface area contributed by atoms with E-state index in [0.29, 0.717) is 10.7 Å². The summed E-state index contributed by atoms with van der Waals surface area (Å²) < 4.78 is 0. The largest absolute Gasteiger partial charge is 0.480 e. The molecule has 1 aromatic rings. The van der Waals surface area contributed by atoms with Gasteiger partial charge in [-0.2, -0.15) is 0 Å². The van der Waals surface area contributed by atoms with Crippen LogP contribution in [-0.4, -0.2) is 29.1 Å². The number of carbonyl (C=O) groups excluding carboxylic acids is 2. The van der Waals surface area contributed by atoms with Gasteiger partial charge in [0.2, 0.25) is 5.91 Å². The van der Waals surface area contributed by atoms with Crippen molar-refractivity contribution in [3.63, 3.8) is 0 Å². The predicted octanol–water partition coefficient (Wildman–Crippen LogP) is 1.83. The van der Waals surface area contributed by atoms with Crippen LogP contribution in [0, 0.1) is 0 Å². The number of anilines is 1. The smallest absolute Gasteiger partial charge is 0.326 e. The van der Waals surface area contributed by atoms with Crippen molar-refractivity contribution < 1.29 is 19.5 Å². The standard InChI is InChI=1S/C12H13Cl2N3O4/c13-7-2-1-6(5-8(7)14)16-12(21)17-9(11(19)20)3-4-10(15)18/h1-2,5,9H,3-4H2,(H2,15,18)(H,19,20)(H2,16,17,21)/t9-/m1/s1. The summed E-state index contributed by atoms with van der Waals surface area (Å²) in [4.78, 5) is 33.3. The van der Waals surface area contributed by atoms with Crippen LogP contribution in [0.1, 0.15) is 12.8 Å². The number of amides is 3. The highest BCUT2D eigenvalue weighted by atomic mass is 35.5. The van der Waals surface area contributed by atoms with Crippen molar-refractivity contribution in [1.82, 2.24) is 5.32 Å². The molecule has 0 saturated heterocycles. The van der Waals surface area contributed by atoms with Gasteiger partial charge in [-0.25, -0.2) is 9.59 Å². The zero-order chi connectivity index (χ0) is 16.0. The molecule has 0 aliphatic heterocycles. The van der Waals surface area contributed by atoms with Gasteiger partial charge in [-0.15, -0.1) is 0 Å². The van der Waals surface area contributed by atoms with Crippen LogP contribution in [0.5, 0.6) is 0 Å². The normalized spacial score (nSPS) is 11.5. The van der Waals surface area contributed by atoms with E-state index in [0.717, 1.165) is 0 Å². The van der Waals surface area contributed by atoms with Gasteiger partial charge in [0.05, 0.1) is 10.0 Å². The molecule has 0 aliphatic carbocycles. The number of aliphatic carboxylic acids is 1. The van der Waals surface area contributed by atoms with Crippen molar-refractivity contribution in [2.75, 3.05) is 5.32 Å². The number of nitrogens with two attached hydrogens (primary N) is 1. The summed E-state index contributed by atoms with van der Waals surface area (Å²) in [5.41, 5.74) is 5.29. The Bertz CT molecular complexity index is 565. The van der Waals surface area contributed by atoms with E-state index in [-0.39, 0.29) is 17.9 Å². The average molecular weight is 334 g/mol. The van der Waals surface area contributed by atoms with Crippen molar-refractivity contribution in [1.29, 1.82) is 0 Å².